The zero-order chi connectivity index (χ0) is 27.0. The fourth-order valence-corrected chi connectivity index (χ4v) is 5.27. The predicted molar refractivity (Wildman–Crippen MR) is 154 cm³/mol. The van der Waals surface area contributed by atoms with Gasteiger partial charge in [-0.15, -0.1) is 0 Å². The van der Waals surface area contributed by atoms with Gasteiger partial charge in [0.15, 0.2) is 5.16 Å². The Morgan fingerprint density at radius 3 is 2.44 bits per heavy atom. The van der Waals surface area contributed by atoms with Crippen molar-refractivity contribution in [2.75, 3.05) is 36.0 Å². The number of benzene rings is 2. The van der Waals surface area contributed by atoms with E-state index in [2.05, 4.69) is 33.1 Å². The summed E-state index contributed by atoms with van der Waals surface area (Å²) in [7, 11) is 0. The second-order valence-corrected chi connectivity index (χ2v) is 10.3. The number of aromatic nitrogens is 3. The molecule has 1 N–H and O–H groups in total. The molecule has 4 aromatic rings. The number of nitrogens with one attached hydrogen (secondary N) is 1. The Balaban J connectivity index is 1.17. The van der Waals surface area contributed by atoms with Crippen LogP contribution in [-0.4, -0.2) is 47.0 Å². The van der Waals surface area contributed by atoms with Gasteiger partial charge in [0.25, 0.3) is 5.91 Å². The summed E-state index contributed by atoms with van der Waals surface area (Å²) in [5, 5.41) is 3.66. The number of nitrogens with zero attached hydrogens (tertiary/aromatic N) is 5. The number of thioether (sulfide) groups is 1. The maximum Gasteiger partial charge on any atom is 0.251 e. The van der Waals surface area contributed by atoms with Crippen LogP contribution in [0.5, 0.6) is 0 Å². The van der Waals surface area contributed by atoms with Crippen LogP contribution in [0.1, 0.15) is 34.1 Å². The van der Waals surface area contributed by atoms with Gasteiger partial charge in [0.2, 0.25) is 0 Å². The summed E-state index contributed by atoms with van der Waals surface area (Å²) < 4.78 is 14.2. The summed E-state index contributed by atoms with van der Waals surface area (Å²) in [5.41, 5.74) is 4.32. The Morgan fingerprint density at radius 2 is 1.72 bits per heavy atom. The number of pyridine rings is 1. The minimum atomic E-state index is -0.182. The number of carbonyl (C=O) groups is 1. The van der Waals surface area contributed by atoms with Crippen LogP contribution in [0.2, 0.25) is 0 Å². The molecule has 0 spiro atoms. The molecule has 5 rings (SSSR count). The topological polar surface area (TPSA) is 74.2 Å². The molecule has 9 heteroatoms. The molecule has 0 saturated carbocycles. The number of hydrogen-bond donors (Lipinski definition) is 1. The smallest absolute Gasteiger partial charge is 0.251 e. The summed E-state index contributed by atoms with van der Waals surface area (Å²) >= 11 is 1.59. The monoisotopic (exact) mass is 542 g/mol. The van der Waals surface area contributed by atoms with Crippen LogP contribution in [0.4, 0.5) is 15.9 Å². The first-order valence-electron chi connectivity index (χ1n) is 13.1. The second-order valence-electron chi connectivity index (χ2n) is 9.31. The van der Waals surface area contributed by atoms with Gasteiger partial charge in [-0.3, -0.25) is 9.78 Å². The van der Waals surface area contributed by atoms with Gasteiger partial charge in [0, 0.05) is 68.2 Å². The number of carbonyl (C=O) groups excluding carboxylic acids is 1. The van der Waals surface area contributed by atoms with Crippen molar-refractivity contribution in [3.8, 4) is 0 Å². The maximum absolute atomic E-state index is 14.2. The number of halogens is 1. The third-order valence-electron chi connectivity index (χ3n) is 6.66. The third-order valence-corrected chi connectivity index (χ3v) is 7.58. The quantitative estimate of drug-likeness (QED) is 0.232. The molecule has 1 aliphatic rings. The van der Waals surface area contributed by atoms with Crippen LogP contribution < -0.4 is 15.1 Å². The molecule has 0 unspecified atom stereocenters. The van der Waals surface area contributed by atoms with Crippen molar-refractivity contribution in [1.82, 2.24) is 20.3 Å². The van der Waals surface area contributed by atoms with Gasteiger partial charge in [0.05, 0.1) is 5.69 Å². The average Bonchev–Trinajstić information content (AvgIpc) is 3.00. The van der Waals surface area contributed by atoms with Gasteiger partial charge in [-0.2, -0.15) is 0 Å². The Kier molecular flexibility index (Phi) is 8.68. The molecular weight excluding hydrogens is 511 g/mol. The highest BCUT2D eigenvalue weighted by Gasteiger charge is 2.21. The fraction of sp³-hybridized carbons (Fsp3) is 0.267. The number of para-hydroxylation sites is 1. The molecule has 0 radical (unpaired) electrons. The number of anilines is 2. The van der Waals surface area contributed by atoms with E-state index in [1.165, 1.54) is 6.07 Å². The highest BCUT2D eigenvalue weighted by Crippen LogP contribution is 2.26. The Labute approximate surface area is 232 Å². The molecule has 0 bridgehead atoms. The van der Waals surface area contributed by atoms with E-state index in [1.807, 2.05) is 48.5 Å². The van der Waals surface area contributed by atoms with Gasteiger partial charge < -0.3 is 15.1 Å². The standard InChI is InChI=1S/C30H31FN6OS/c1-2-25-18-28(37-16-14-36(15-17-37)27-8-4-3-7-26(27)31)35-30(34-25)39-21-22-9-11-24(12-10-22)29(38)33-20-23-6-5-13-32-19-23/h3-13,18-19H,2,14-17,20-21H2,1H3,(H,33,38). The molecule has 0 atom stereocenters. The van der Waals surface area contributed by atoms with Crippen molar-refractivity contribution < 1.29 is 9.18 Å². The van der Waals surface area contributed by atoms with Crippen molar-refractivity contribution >= 4 is 29.2 Å². The maximum atomic E-state index is 14.2. The van der Waals surface area contributed by atoms with Crippen LogP contribution in [-0.2, 0) is 18.7 Å². The number of piperazine rings is 1. The molecule has 7 nitrogen and oxygen atoms in total. The molecule has 1 saturated heterocycles. The van der Waals surface area contributed by atoms with Gasteiger partial charge in [-0.05, 0) is 47.9 Å². The van der Waals surface area contributed by atoms with Crippen LogP contribution in [0.25, 0.3) is 0 Å². The first-order valence-corrected chi connectivity index (χ1v) is 14.1. The van der Waals surface area contributed by atoms with Crippen LogP contribution in [0, 0.1) is 5.82 Å². The highest BCUT2D eigenvalue weighted by atomic mass is 32.2. The normalized spacial score (nSPS) is 13.4. The molecule has 2 aromatic heterocycles. The van der Waals surface area contributed by atoms with E-state index in [4.69, 9.17) is 9.97 Å². The predicted octanol–water partition coefficient (Wildman–Crippen LogP) is 5.12. The molecule has 2 aromatic carbocycles. The highest BCUT2D eigenvalue weighted by molar-refractivity contribution is 7.98. The summed E-state index contributed by atoms with van der Waals surface area (Å²) in [6, 6.07) is 20.4. The van der Waals surface area contributed by atoms with Crippen molar-refractivity contribution in [1.29, 1.82) is 0 Å². The lowest BCUT2D eigenvalue weighted by Gasteiger charge is -2.37. The minimum Gasteiger partial charge on any atom is -0.366 e. The van der Waals surface area contributed by atoms with E-state index in [9.17, 15) is 9.18 Å². The van der Waals surface area contributed by atoms with Crippen LogP contribution in [0.15, 0.2) is 84.3 Å². The van der Waals surface area contributed by atoms with Crippen LogP contribution >= 0.6 is 11.8 Å². The van der Waals surface area contributed by atoms with E-state index in [0.717, 1.165) is 60.4 Å². The average molecular weight is 543 g/mol. The summed E-state index contributed by atoms with van der Waals surface area (Å²) in [6.07, 6.45) is 4.28. The van der Waals surface area contributed by atoms with Crippen molar-refractivity contribution in [3.63, 3.8) is 0 Å². The molecule has 1 amide bonds. The molecular formula is C30H31FN6OS. The first kappa shape index (κ1) is 26.6. The summed E-state index contributed by atoms with van der Waals surface area (Å²) in [6.45, 7) is 5.53. The fourth-order valence-electron chi connectivity index (χ4n) is 4.44. The number of hydrogen-bond acceptors (Lipinski definition) is 7. The molecule has 0 aliphatic carbocycles. The number of amides is 1. The molecule has 200 valence electrons. The Morgan fingerprint density at radius 1 is 0.949 bits per heavy atom. The zero-order valence-corrected chi connectivity index (χ0v) is 22.7. The van der Waals surface area contributed by atoms with Crippen molar-refractivity contribution in [2.24, 2.45) is 0 Å². The van der Waals surface area contributed by atoms with Crippen molar-refractivity contribution in [2.45, 2.75) is 30.8 Å². The summed E-state index contributed by atoms with van der Waals surface area (Å²) in [5.74, 6) is 1.32. The first-order chi connectivity index (χ1) is 19.1. The minimum absolute atomic E-state index is 0.114. The van der Waals surface area contributed by atoms with Crippen LogP contribution in [0.3, 0.4) is 0 Å². The van der Waals surface area contributed by atoms with Gasteiger partial charge >= 0.3 is 0 Å². The molecule has 39 heavy (non-hydrogen) atoms. The number of rotatable bonds is 9. The molecule has 1 aliphatic heterocycles. The zero-order valence-electron chi connectivity index (χ0n) is 21.9. The third kappa shape index (κ3) is 6.92. The lowest BCUT2D eigenvalue weighted by atomic mass is 10.1. The van der Waals surface area contributed by atoms with Crippen molar-refractivity contribution in [3.05, 3.63) is 107 Å². The second kappa shape index (κ2) is 12.7. The van der Waals surface area contributed by atoms with E-state index in [0.29, 0.717) is 23.5 Å². The van der Waals surface area contributed by atoms with E-state index in [1.54, 1.807) is 30.2 Å². The largest absolute Gasteiger partial charge is 0.366 e. The van der Waals surface area contributed by atoms with Gasteiger partial charge in [-0.25, -0.2) is 14.4 Å². The van der Waals surface area contributed by atoms with Gasteiger partial charge in [0.1, 0.15) is 11.6 Å². The van der Waals surface area contributed by atoms with E-state index < -0.39 is 0 Å². The number of aryl methyl sites for hydroxylation is 1. The van der Waals surface area contributed by atoms with E-state index in [-0.39, 0.29) is 11.7 Å². The Hall–Kier alpha value is -3.98. The lowest BCUT2D eigenvalue weighted by Crippen LogP contribution is -2.47. The SMILES string of the molecule is CCc1cc(N2CCN(c3ccccc3F)CC2)nc(SCc2ccc(C(=O)NCc3cccnc3)cc2)n1. The molecule has 1 fully saturated rings. The lowest BCUT2D eigenvalue weighted by molar-refractivity contribution is 0.0951. The van der Waals surface area contributed by atoms with Gasteiger partial charge in [-0.1, -0.05) is 49.0 Å². The molecule has 3 heterocycles. The summed E-state index contributed by atoms with van der Waals surface area (Å²) in [4.78, 5) is 30.5. The Bertz CT molecular complexity index is 1390. The van der Waals surface area contributed by atoms with E-state index >= 15 is 0 Å².